The van der Waals surface area contributed by atoms with Crippen molar-refractivity contribution in [3.63, 3.8) is 0 Å². The number of amides is 3. The van der Waals surface area contributed by atoms with Gasteiger partial charge in [0.25, 0.3) is 0 Å². The average molecular weight is 431 g/mol. The molecule has 0 bridgehead atoms. The molecule has 11 heteroatoms. The van der Waals surface area contributed by atoms with Crippen molar-refractivity contribution >= 4 is 23.7 Å². The Balaban J connectivity index is 4.78. The number of carbonyl (C=O) groups excluding carboxylic acids is 3. The van der Waals surface area contributed by atoms with Gasteiger partial charge < -0.3 is 38.3 Å². The average Bonchev–Trinajstić information content (AvgIpc) is 2.68. The predicted molar refractivity (Wildman–Crippen MR) is 113 cm³/mol. The van der Waals surface area contributed by atoms with Crippen molar-refractivity contribution in [3.05, 3.63) is 0 Å². The van der Waals surface area contributed by atoms with E-state index in [4.69, 9.17) is 17.2 Å². The van der Waals surface area contributed by atoms with Crippen LogP contribution in [0, 0.1) is 5.92 Å². The molecule has 0 aliphatic heterocycles. The van der Waals surface area contributed by atoms with Crippen molar-refractivity contribution in [2.24, 2.45) is 23.1 Å². The number of rotatable bonds is 16. The minimum atomic E-state index is -1.15. The Labute approximate surface area is 177 Å². The van der Waals surface area contributed by atoms with Gasteiger partial charge in [-0.1, -0.05) is 20.3 Å². The van der Waals surface area contributed by atoms with Crippen LogP contribution in [0.1, 0.15) is 52.4 Å². The van der Waals surface area contributed by atoms with Gasteiger partial charge in [0.2, 0.25) is 17.7 Å². The molecule has 0 saturated heterocycles. The third-order valence-corrected chi connectivity index (χ3v) is 4.56. The maximum atomic E-state index is 12.5. The first kappa shape index (κ1) is 27.8. The van der Waals surface area contributed by atoms with Gasteiger partial charge in [0.15, 0.2) is 0 Å². The van der Waals surface area contributed by atoms with Crippen LogP contribution in [0.4, 0.5) is 0 Å². The van der Waals surface area contributed by atoms with Crippen molar-refractivity contribution in [3.8, 4) is 0 Å². The summed E-state index contributed by atoms with van der Waals surface area (Å²) < 4.78 is 0. The van der Waals surface area contributed by atoms with E-state index in [0.717, 1.165) is 6.42 Å². The van der Waals surface area contributed by atoms with Gasteiger partial charge in [-0.3, -0.25) is 14.4 Å². The largest absolute Gasteiger partial charge is 0.480 e. The monoisotopic (exact) mass is 430 g/mol. The lowest BCUT2D eigenvalue weighted by Gasteiger charge is -2.23. The Bertz CT molecular complexity index is 558. The van der Waals surface area contributed by atoms with Crippen molar-refractivity contribution in [2.45, 2.75) is 70.5 Å². The zero-order chi connectivity index (χ0) is 23.1. The van der Waals surface area contributed by atoms with E-state index in [-0.39, 0.29) is 12.5 Å². The molecule has 0 aromatic rings. The van der Waals surface area contributed by atoms with Gasteiger partial charge in [-0.25, -0.2) is 4.79 Å². The first-order valence-corrected chi connectivity index (χ1v) is 10.4. The first-order valence-electron chi connectivity index (χ1n) is 10.4. The van der Waals surface area contributed by atoms with Crippen LogP contribution in [0.3, 0.4) is 0 Å². The Kier molecular flexibility index (Phi) is 14.4. The molecule has 0 aromatic heterocycles. The molecule has 0 aliphatic rings. The summed E-state index contributed by atoms with van der Waals surface area (Å²) in [7, 11) is 0. The Morgan fingerprint density at radius 2 is 1.43 bits per heavy atom. The summed E-state index contributed by atoms with van der Waals surface area (Å²) in [6.07, 6.45) is 3.45. The van der Waals surface area contributed by atoms with Gasteiger partial charge >= 0.3 is 5.97 Å². The molecular formula is C19H38N6O5. The van der Waals surface area contributed by atoms with Crippen molar-refractivity contribution in [1.29, 1.82) is 0 Å². The number of carboxylic acids is 1. The molecule has 0 aliphatic carbocycles. The van der Waals surface area contributed by atoms with E-state index in [2.05, 4.69) is 16.0 Å². The van der Waals surface area contributed by atoms with Gasteiger partial charge in [0, 0.05) is 0 Å². The van der Waals surface area contributed by atoms with E-state index in [0.29, 0.717) is 45.2 Å². The molecule has 0 spiro atoms. The fourth-order valence-electron chi connectivity index (χ4n) is 2.71. The lowest BCUT2D eigenvalue weighted by molar-refractivity contribution is -0.143. The molecule has 3 amide bonds. The highest BCUT2D eigenvalue weighted by atomic mass is 16.4. The first-order chi connectivity index (χ1) is 14.1. The lowest BCUT2D eigenvalue weighted by Crippen LogP contribution is -2.54. The maximum Gasteiger partial charge on any atom is 0.326 e. The normalized spacial score (nSPS) is 13.9. The molecule has 11 nitrogen and oxygen atoms in total. The van der Waals surface area contributed by atoms with E-state index in [1.54, 1.807) is 13.8 Å². The number of carboxylic acid groups (broad SMARTS) is 1. The highest BCUT2D eigenvalue weighted by Gasteiger charge is 2.28. The van der Waals surface area contributed by atoms with Crippen LogP contribution in [0.15, 0.2) is 0 Å². The summed E-state index contributed by atoms with van der Waals surface area (Å²) in [5.41, 5.74) is 16.6. The topological polar surface area (TPSA) is 203 Å². The summed E-state index contributed by atoms with van der Waals surface area (Å²) in [6, 6.07) is -2.74. The minimum absolute atomic E-state index is 0.297. The van der Waals surface area contributed by atoms with Gasteiger partial charge in [0.1, 0.15) is 12.1 Å². The number of nitrogens with one attached hydrogen (secondary N) is 3. The van der Waals surface area contributed by atoms with Crippen LogP contribution >= 0.6 is 0 Å². The number of hydrogen-bond donors (Lipinski definition) is 7. The molecule has 0 rings (SSSR count). The molecule has 0 radical (unpaired) electrons. The van der Waals surface area contributed by atoms with Crippen LogP contribution in [0.5, 0.6) is 0 Å². The summed E-state index contributed by atoms with van der Waals surface area (Å²) in [5, 5.41) is 16.7. The van der Waals surface area contributed by atoms with Crippen LogP contribution in [-0.4, -0.2) is 66.6 Å². The van der Waals surface area contributed by atoms with Gasteiger partial charge in [-0.2, -0.15) is 0 Å². The number of carbonyl (C=O) groups is 4. The van der Waals surface area contributed by atoms with Crippen LogP contribution in [0.25, 0.3) is 0 Å². The number of hydrogen-bond acceptors (Lipinski definition) is 7. The lowest BCUT2D eigenvalue weighted by atomic mass is 10.0. The highest BCUT2D eigenvalue weighted by molar-refractivity contribution is 5.92. The van der Waals surface area contributed by atoms with Crippen molar-refractivity contribution in [1.82, 2.24) is 16.0 Å². The van der Waals surface area contributed by atoms with E-state index >= 15 is 0 Å². The second kappa shape index (κ2) is 15.6. The van der Waals surface area contributed by atoms with E-state index < -0.39 is 41.8 Å². The molecule has 0 saturated carbocycles. The third kappa shape index (κ3) is 11.7. The van der Waals surface area contributed by atoms with Gasteiger partial charge in [-0.05, 0) is 51.1 Å². The second-order valence-electron chi connectivity index (χ2n) is 7.58. The van der Waals surface area contributed by atoms with Crippen molar-refractivity contribution in [2.75, 3.05) is 19.6 Å². The zero-order valence-corrected chi connectivity index (χ0v) is 18.0. The zero-order valence-electron chi connectivity index (χ0n) is 18.0. The number of unbranched alkanes of at least 4 members (excludes halogenated alkanes) is 2. The van der Waals surface area contributed by atoms with Crippen LogP contribution in [-0.2, 0) is 19.2 Å². The van der Waals surface area contributed by atoms with Gasteiger partial charge in [0.05, 0.1) is 12.6 Å². The second-order valence-corrected chi connectivity index (χ2v) is 7.58. The van der Waals surface area contributed by atoms with E-state index in [1.165, 1.54) is 0 Å². The molecule has 174 valence electrons. The maximum absolute atomic E-state index is 12.5. The fraction of sp³-hybridized carbons (Fsp3) is 0.789. The number of nitrogens with two attached hydrogens (primary N) is 3. The predicted octanol–water partition coefficient (Wildman–Crippen LogP) is -1.60. The molecule has 30 heavy (non-hydrogen) atoms. The molecule has 3 unspecified atom stereocenters. The Morgan fingerprint density at radius 1 is 0.867 bits per heavy atom. The third-order valence-electron chi connectivity index (χ3n) is 4.56. The van der Waals surface area contributed by atoms with E-state index in [1.807, 2.05) is 0 Å². The smallest absolute Gasteiger partial charge is 0.326 e. The molecule has 10 N–H and O–H groups in total. The number of aliphatic carboxylic acids is 1. The fourth-order valence-corrected chi connectivity index (χ4v) is 2.71. The Hall–Kier alpha value is -2.24. The van der Waals surface area contributed by atoms with E-state index in [9.17, 15) is 24.3 Å². The minimum Gasteiger partial charge on any atom is -0.480 e. The van der Waals surface area contributed by atoms with Crippen LogP contribution in [0.2, 0.25) is 0 Å². The molecule has 0 aromatic carbocycles. The summed E-state index contributed by atoms with van der Waals surface area (Å²) in [6.45, 7) is 3.96. The highest BCUT2D eigenvalue weighted by Crippen LogP contribution is 2.06. The molecule has 0 fully saturated rings. The SMILES string of the molecule is CC(C)C(NC(=O)C(CCCCN)NC(=O)CNC(=O)C(N)CCCCN)C(=O)O. The molecule has 3 atom stereocenters. The summed E-state index contributed by atoms with van der Waals surface area (Å²) in [4.78, 5) is 48.1. The summed E-state index contributed by atoms with van der Waals surface area (Å²) in [5.74, 6) is -3.10. The quantitative estimate of drug-likeness (QED) is 0.142. The Morgan fingerprint density at radius 3 is 1.93 bits per heavy atom. The van der Waals surface area contributed by atoms with Gasteiger partial charge in [-0.15, -0.1) is 0 Å². The van der Waals surface area contributed by atoms with Crippen LogP contribution < -0.4 is 33.2 Å². The summed E-state index contributed by atoms with van der Waals surface area (Å²) >= 11 is 0. The van der Waals surface area contributed by atoms with Crippen molar-refractivity contribution < 1.29 is 24.3 Å². The molecular weight excluding hydrogens is 392 g/mol. The molecule has 0 heterocycles. The standard InChI is InChI=1S/C19H38N6O5/c1-12(2)16(19(29)30)25-18(28)14(8-4-6-10-21)24-15(26)11-23-17(27)13(22)7-3-5-9-20/h12-14,16H,3-11,20-22H2,1-2H3,(H,23,27)(H,24,26)(H,25,28)(H,29,30).